The van der Waals surface area contributed by atoms with Gasteiger partial charge in [0, 0.05) is 68.3 Å². The van der Waals surface area contributed by atoms with Gasteiger partial charge in [-0.15, -0.1) is 0 Å². The highest BCUT2D eigenvalue weighted by Gasteiger charge is 2.41. The van der Waals surface area contributed by atoms with Gasteiger partial charge in [-0.1, -0.05) is 0 Å². The summed E-state index contributed by atoms with van der Waals surface area (Å²) in [7, 11) is 0. The van der Waals surface area contributed by atoms with E-state index in [0.717, 1.165) is 79.6 Å². The number of piperazine rings is 2. The Kier molecular flexibility index (Phi) is 5.59. The Balaban J connectivity index is 1.14. The van der Waals surface area contributed by atoms with Crippen LogP contribution in [-0.2, 0) is 0 Å². The summed E-state index contributed by atoms with van der Waals surface area (Å²) in [6.07, 6.45) is 5.99. The molecule has 2 bridgehead atoms. The first kappa shape index (κ1) is 22.9. The highest BCUT2D eigenvalue weighted by atomic mass is 15.4. The second-order valence-corrected chi connectivity index (χ2v) is 10.6. The van der Waals surface area contributed by atoms with Crippen LogP contribution in [0.2, 0.25) is 0 Å². The molecule has 0 saturated carbocycles. The van der Waals surface area contributed by atoms with Gasteiger partial charge in [-0.05, 0) is 56.2 Å². The van der Waals surface area contributed by atoms with E-state index in [-0.39, 0.29) is 0 Å². The van der Waals surface area contributed by atoms with Gasteiger partial charge in [0.15, 0.2) is 0 Å². The average molecular weight is 507 g/mol. The Labute approximate surface area is 221 Å². The van der Waals surface area contributed by atoms with Crippen molar-refractivity contribution in [1.82, 2.24) is 30.5 Å². The number of fused-ring (bicyclic) bond motifs is 3. The maximum absolute atomic E-state index is 9.12. The maximum Gasteiger partial charge on any atom is 0.226 e. The van der Waals surface area contributed by atoms with Gasteiger partial charge in [-0.2, -0.15) is 10.4 Å². The summed E-state index contributed by atoms with van der Waals surface area (Å²) in [6.45, 7) is 6.91. The molecule has 3 aliphatic rings. The molecule has 6 heterocycles. The van der Waals surface area contributed by atoms with E-state index in [1.807, 2.05) is 24.5 Å². The maximum atomic E-state index is 9.12. The van der Waals surface area contributed by atoms with Crippen molar-refractivity contribution >= 4 is 28.5 Å². The molecule has 0 aliphatic carbocycles. The highest BCUT2D eigenvalue weighted by Crippen LogP contribution is 2.36. The minimum Gasteiger partial charge on any atom is -0.367 e. The Morgan fingerprint density at radius 1 is 0.947 bits per heavy atom. The molecule has 1 unspecified atom stereocenters. The third kappa shape index (κ3) is 4.00. The normalized spacial score (nSPS) is 23.2. The molecule has 0 radical (unpaired) electrons. The quantitative estimate of drug-likeness (QED) is 0.431. The predicted molar refractivity (Wildman–Crippen MR) is 147 cm³/mol. The van der Waals surface area contributed by atoms with Crippen molar-refractivity contribution in [2.75, 3.05) is 47.4 Å². The first-order valence-electron chi connectivity index (χ1n) is 13.4. The van der Waals surface area contributed by atoms with E-state index in [2.05, 4.69) is 67.5 Å². The number of benzene rings is 1. The number of pyridine rings is 1. The van der Waals surface area contributed by atoms with Crippen molar-refractivity contribution in [2.24, 2.45) is 0 Å². The Hall–Kier alpha value is -4.23. The van der Waals surface area contributed by atoms with Crippen molar-refractivity contribution in [3.63, 3.8) is 0 Å². The van der Waals surface area contributed by atoms with Crippen molar-refractivity contribution in [2.45, 2.75) is 37.9 Å². The van der Waals surface area contributed by atoms with Crippen LogP contribution in [0.25, 0.3) is 22.3 Å². The Bertz CT molecular complexity index is 1480. The molecule has 1 aromatic carbocycles. The van der Waals surface area contributed by atoms with E-state index in [9.17, 15) is 0 Å². The average Bonchev–Trinajstić information content (AvgIpc) is 3.50. The summed E-state index contributed by atoms with van der Waals surface area (Å²) in [4.78, 5) is 21.7. The first-order valence-corrected chi connectivity index (χ1v) is 13.4. The fraction of sp³-hybridized carbons (Fsp3) is 0.393. The smallest absolute Gasteiger partial charge is 0.226 e. The van der Waals surface area contributed by atoms with Gasteiger partial charge in [0.25, 0.3) is 0 Å². The van der Waals surface area contributed by atoms with E-state index in [4.69, 9.17) is 20.2 Å². The van der Waals surface area contributed by atoms with Gasteiger partial charge in [-0.25, -0.2) is 15.0 Å². The Morgan fingerprint density at radius 2 is 1.76 bits per heavy atom. The van der Waals surface area contributed by atoms with Gasteiger partial charge in [-0.3, -0.25) is 5.10 Å². The fourth-order valence-electron chi connectivity index (χ4n) is 6.17. The topological polar surface area (TPSA) is 113 Å². The van der Waals surface area contributed by atoms with E-state index in [1.54, 1.807) is 0 Å². The fourth-order valence-corrected chi connectivity index (χ4v) is 6.17. The second-order valence-electron chi connectivity index (χ2n) is 10.6. The minimum absolute atomic E-state index is 0.347. The summed E-state index contributed by atoms with van der Waals surface area (Å²) < 4.78 is 0. The van der Waals surface area contributed by atoms with Crippen LogP contribution in [0.1, 0.15) is 25.3 Å². The third-order valence-corrected chi connectivity index (χ3v) is 8.08. The van der Waals surface area contributed by atoms with Crippen LogP contribution >= 0.6 is 0 Å². The molecule has 4 aromatic rings. The predicted octanol–water partition coefficient (Wildman–Crippen LogP) is 2.94. The molecule has 3 aliphatic heterocycles. The molecular weight excluding hydrogens is 476 g/mol. The molecule has 3 saturated heterocycles. The lowest BCUT2D eigenvalue weighted by Crippen LogP contribution is -2.54. The highest BCUT2D eigenvalue weighted by molar-refractivity contribution is 5.89. The van der Waals surface area contributed by atoms with Gasteiger partial charge in [0.05, 0.1) is 17.8 Å². The van der Waals surface area contributed by atoms with Crippen LogP contribution in [0.4, 0.5) is 17.5 Å². The number of aromatic nitrogens is 5. The van der Waals surface area contributed by atoms with Crippen LogP contribution in [0.5, 0.6) is 0 Å². The molecule has 3 aromatic heterocycles. The molecule has 2 N–H and O–H groups in total. The van der Waals surface area contributed by atoms with E-state index >= 15 is 0 Å². The summed E-state index contributed by atoms with van der Waals surface area (Å²) in [5, 5.41) is 20.3. The van der Waals surface area contributed by atoms with Crippen LogP contribution in [0.15, 0.2) is 48.8 Å². The van der Waals surface area contributed by atoms with Crippen molar-refractivity contribution in [3.8, 4) is 17.3 Å². The largest absolute Gasteiger partial charge is 0.367 e. The lowest BCUT2D eigenvalue weighted by atomic mass is 10.1. The van der Waals surface area contributed by atoms with Gasteiger partial charge < -0.3 is 20.0 Å². The lowest BCUT2D eigenvalue weighted by Gasteiger charge is -2.42. The molecule has 10 nitrogen and oxygen atoms in total. The molecule has 0 amide bonds. The van der Waals surface area contributed by atoms with E-state index < -0.39 is 0 Å². The molecule has 3 atom stereocenters. The summed E-state index contributed by atoms with van der Waals surface area (Å²) in [5.41, 5.74) is 5.26. The molecule has 7 rings (SSSR count). The molecule has 10 heteroatoms. The number of nitriles is 1. The zero-order valence-corrected chi connectivity index (χ0v) is 21.4. The van der Waals surface area contributed by atoms with Gasteiger partial charge in [0.2, 0.25) is 5.95 Å². The minimum atomic E-state index is 0.347. The van der Waals surface area contributed by atoms with Gasteiger partial charge in [0.1, 0.15) is 22.5 Å². The number of nitrogens with one attached hydrogen (secondary N) is 2. The number of hydrogen-bond acceptors (Lipinski definition) is 9. The summed E-state index contributed by atoms with van der Waals surface area (Å²) in [6, 6.07) is 15.4. The van der Waals surface area contributed by atoms with Gasteiger partial charge >= 0.3 is 0 Å². The number of hydrogen-bond donors (Lipinski definition) is 2. The number of aromatic amines is 1. The van der Waals surface area contributed by atoms with E-state index in [0.29, 0.717) is 23.7 Å². The van der Waals surface area contributed by atoms with Crippen LogP contribution < -0.4 is 20.0 Å². The standard InChI is InChI=1S/C28H30N10/c1-18-15-36(11-10-30-18)25-9-4-20(13-31-25)26-27-24(34-35-26)14-32-28(33-27)38-22-7-8-23(38)17-37(16-22)21-5-2-19(12-29)3-6-21/h2-6,9,13-14,18,22-23,30H,7-8,10-11,15-17H2,1H3,(H,34,35)/t18?,22-,23+. The SMILES string of the molecule is CC1CN(c2ccc(-c3n[nH]c4cnc(N5[C@@H]6CC[C@H]5CN(c5ccc(C#N)cc5)C6)nc34)cn2)CCN1. The molecule has 0 spiro atoms. The van der Waals surface area contributed by atoms with Crippen molar-refractivity contribution in [1.29, 1.82) is 5.26 Å². The molecule has 38 heavy (non-hydrogen) atoms. The summed E-state index contributed by atoms with van der Waals surface area (Å²) in [5.74, 6) is 1.76. The zero-order valence-electron chi connectivity index (χ0n) is 21.4. The number of H-pyrrole nitrogens is 1. The number of anilines is 3. The summed E-state index contributed by atoms with van der Waals surface area (Å²) >= 11 is 0. The molecular formula is C28H30N10. The van der Waals surface area contributed by atoms with E-state index in [1.165, 1.54) is 5.69 Å². The van der Waals surface area contributed by atoms with Crippen LogP contribution in [0.3, 0.4) is 0 Å². The first-order chi connectivity index (χ1) is 18.7. The Morgan fingerprint density at radius 3 is 2.47 bits per heavy atom. The lowest BCUT2D eigenvalue weighted by molar-refractivity contribution is 0.482. The monoisotopic (exact) mass is 506 g/mol. The van der Waals surface area contributed by atoms with Crippen molar-refractivity contribution in [3.05, 3.63) is 54.4 Å². The number of rotatable bonds is 4. The third-order valence-electron chi connectivity index (χ3n) is 8.08. The zero-order chi connectivity index (χ0) is 25.6. The number of nitrogens with zero attached hydrogens (tertiary/aromatic N) is 8. The van der Waals surface area contributed by atoms with Crippen LogP contribution in [-0.4, -0.2) is 76.0 Å². The molecule has 192 valence electrons. The molecule has 3 fully saturated rings. The van der Waals surface area contributed by atoms with Crippen LogP contribution in [0, 0.1) is 11.3 Å². The second kappa shape index (κ2) is 9.26. The van der Waals surface area contributed by atoms with Crippen molar-refractivity contribution < 1.29 is 0 Å².